The molecule has 0 aromatic rings. The molecule has 4 rings (SSSR count). The average Bonchev–Trinajstić information content (AvgIpc) is 2.88. The molecule has 154 valence electrons. The third kappa shape index (κ3) is 2.79. The van der Waals surface area contributed by atoms with E-state index in [1.54, 1.807) is 0 Å². The molecule has 0 bridgehead atoms. The summed E-state index contributed by atoms with van der Waals surface area (Å²) in [5.41, 5.74) is 0.0452. The number of unbranched alkanes of at least 4 members (excludes halogenated alkanes) is 2. The summed E-state index contributed by atoms with van der Waals surface area (Å²) in [7, 11) is 0. The molecule has 27 heavy (non-hydrogen) atoms. The van der Waals surface area contributed by atoms with Gasteiger partial charge in [0.2, 0.25) is 0 Å². The van der Waals surface area contributed by atoms with Crippen LogP contribution in [-0.2, 0) is 4.79 Å². The smallest absolute Gasteiger partial charge is 0.133 e. The molecule has 0 radical (unpaired) electrons. The van der Waals surface area contributed by atoms with Crippen LogP contribution in [0.25, 0.3) is 0 Å². The van der Waals surface area contributed by atoms with Gasteiger partial charge < -0.3 is 5.11 Å². The Morgan fingerprint density at radius 2 is 1.74 bits per heavy atom. The van der Waals surface area contributed by atoms with Crippen molar-refractivity contribution in [2.45, 2.75) is 110 Å². The van der Waals surface area contributed by atoms with E-state index < -0.39 is 5.60 Å². The van der Waals surface area contributed by atoms with Crippen molar-refractivity contribution in [3.8, 4) is 0 Å². The number of Topliss-reactive ketones (excluding diaryl/α,β-unsaturated/α-hetero) is 1. The number of hydrogen-bond donors (Lipinski definition) is 1. The Labute approximate surface area is 166 Å². The highest BCUT2D eigenvalue weighted by Crippen LogP contribution is 2.69. The molecule has 4 fully saturated rings. The van der Waals surface area contributed by atoms with Gasteiger partial charge in [0.05, 0.1) is 5.60 Å². The summed E-state index contributed by atoms with van der Waals surface area (Å²) in [6, 6.07) is 0. The van der Waals surface area contributed by atoms with Crippen molar-refractivity contribution in [1.29, 1.82) is 0 Å². The Morgan fingerprint density at radius 3 is 2.48 bits per heavy atom. The molecule has 0 heterocycles. The quantitative estimate of drug-likeness (QED) is 0.599. The van der Waals surface area contributed by atoms with E-state index in [2.05, 4.69) is 27.7 Å². The Morgan fingerprint density at radius 1 is 1.00 bits per heavy atom. The first-order chi connectivity index (χ1) is 12.8. The molecule has 1 N–H and O–H groups in total. The van der Waals surface area contributed by atoms with E-state index >= 15 is 0 Å². The lowest BCUT2D eigenvalue weighted by Gasteiger charge is -2.62. The van der Waals surface area contributed by atoms with Gasteiger partial charge in [0, 0.05) is 12.8 Å². The molecule has 4 aliphatic rings. The van der Waals surface area contributed by atoms with Crippen LogP contribution in [-0.4, -0.2) is 16.5 Å². The molecule has 2 heteroatoms. The number of carbonyl (C=O) groups excluding carboxylic acids is 1. The summed E-state index contributed by atoms with van der Waals surface area (Å²) in [6.45, 7) is 9.59. The highest BCUT2D eigenvalue weighted by molar-refractivity contribution is 5.80. The number of rotatable bonds is 4. The molecule has 0 amide bonds. The summed E-state index contributed by atoms with van der Waals surface area (Å²) >= 11 is 0. The first-order valence-corrected chi connectivity index (χ1v) is 12.0. The summed E-state index contributed by atoms with van der Waals surface area (Å²) in [6.07, 6.45) is 13.6. The van der Waals surface area contributed by atoms with E-state index in [-0.39, 0.29) is 5.41 Å². The van der Waals surface area contributed by atoms with Crippen LogP contribution in [0, 0.1) is 40.4 Å². The molecule has 3 unspecified atom stereocenters. The van der Waals surface area contributed by atoms with Gasteiger partial charge in [-0.2, -0.15) is 0 Å². The van der Waals surface area contributed by atoms with Crippen LogP contribution in [0.4, 0.5) is 0 Å². The van der Waals surface area contributed by atoms with Crippen LogP contribution in [0.3, 0.4) is 0 Å². The Kier molecular flexibility index (Phi) is 5.06. The van der Waals surface area contributed by atoms with Gasteiger partial charge in [0.25, 0.3) is 0 Å². The molecule has 8 atom stereocenters. The van der Waals surface area contributed by atoms with Gasteiger partial charge in [-0.05, 0) is 85.4 Å². The molecular weight excluding hydrogens is 332 g/mol. The van der Waals surface area contributed by atoms with Crippen molar-refractivity contribution in [3.63, 3.8) is 0 Å². The molecule has 4 aliphatic carbocycles. The van der Waals surface area contributed by atoms with Gasteiger partial charge in [0.1, 0.15) is 5.78 Å². The zero-order valence-electron chi connectivity index (χ0n) is 18.2. The Bertz CT molecular complexity index is 585. The fourth-order valence-electron chi connectivity index (χ4n) is 8.67. The fraction of sp³-hybridized carbons (Fsp3) is 0.960. The number of hydrogen-bond acceptors (Lipinski definition) is 2. The van der Waals surface area contributed by atoms with E-state index in [1.165, 1.54) is 51.4 Å². The zero-order valence-corrected chi connectivity index (χ0v) is 18.2. The van der Waals surface area contributed by atoms with Crippen LogP contribution in [0.1, 0.15) is 105 Å². The molecule has 0 aromatic carbocycles. The van der Waals surface area contributed by atoms with Gasteiger partial charge in [0.15, 0.2) is 0 Å². The van der Waals surface area contributed by atoms with Gasteiger partial charge in [-0.1, -0.05) is 47.0 Å². The summed E-state index contributed by atoms with van der Waals surface area (Å²) in [5.74, 6) is 3.91. The largest absolute Gasteiger partial charge is 0.389 e. The third-order valence-corrected chi connectivity index (χ3v) is 10.5. The van der Waals surface area contributed by atoms with Crippen molar-refractivity contribution in [1.82, 2.24) is 0 Å². The molecule has 0 aromatic heterocycles. The van der Waals surface area contributed by atoms with Crippen molar-refractivity contribution >= 4 is 5.78 Å². The zero-order chi connectivity index (χ0) is 19.4. The van der Waals surface area contributed by atoms with Crippen LogP contribution in [0.15, 0.2) is 0 Å². The van der Waals surface area contributed by atoms with Gasteiger partial charge in [-0.3, -0.25) is 4.79 Å². The van der Waals surface area contributed by atoms with Crippen LogP contribution in [0.5, 0.6) is 0 Å². The normalized spacial score (nSPS) is 52.2. The minimum absolute atomic E-state index is 0.124. The van der Waals surface area contributed by atoms with E-state index in [1.807, 2.05) is 0 Å². The average molecular weight is 375 g/mol. The molecule has 0 aliphatic heterocycles. The number of fused-ring (bicyclic) bond motifs is 5. The fourth-order valence-corrected chi connectivity index (χ4v) is 8.67. The summed E-state index contributed by atoms with van der Waals surface area (Å²) in [4.78, 5) is 12.2. The van der Waals surface area contributed by atoms with Crippen LogP contribution < -0.4 is 0 Å². The van der Waals surface area contributed by atoms with Crippen molar-refractivity contribution in [2.24, 2.45) is 40.4 Å². The molecular formula is C25H42O2. The highest BCUT2D eigenvalue weighted by Gasteiger charge is 2.65. The third-order valence-electron chi connectivity index (χ3n) is 10.5. The lowest BCUT2D eigenvalue weighted by Crippen LogP contribution is -2.58. The van der Waals surface area contributed by atoms with E-state index in [4.69, 9.17) is 0 Å². The van der Waals surface area contributed by atoms with Crippen molar-refractivity contribution in [2.75, 3.05) is 0 Å². The van der Waals surface area contributed by atoms with Crippen LogP contribution in [0.2, 0.25) is 0 Å². The highest BCUT2D eigenvalue weighted by atomic mass is 16.3. The SMILES string of the molecule is CCCCCC1(O)CC[C@H]2[C@@H]3CCC4CC(=O)CC(C)[C@]4(C)[C@@H]3CC[C@@]21C. The van der Waals surface area contributed by atoms with Gasteiger partial charge in [-0.25, -0.2) is 0 Å². The summed E-state index contributed by atoms with van der Waals surface area (Å²) < 4.78 is 0. The van der Waals surface area contributed by atoms with Gasteiger partial charge in [-0.15, -0.1) is 0 Å². The summed E-state index contributed by atoms with van der Waals surface area (Å²) in [5, 5.41) is 11.7. The topological polar surface area (TPSA) is 37.3 Å². The predicted octanol–water partition coefficient (Wildman–Crippen LogP) is 6.16. The first-order valence-electron chi connectivity index (χ1n) is 12.0. The van der Waals surface area contributed by atoms with Crippen molar-refractivity contribution < 1.29 is 9.90 Å². The monoisotopic (exact) mass is 374 g/mol. The minimum atomic E-state index is -0.427. The maximum atomic E-state index is 12.2. The molecule has 0 spiro atoms. The second-order valence-electron chi connectivity index (χ2n) is 11.3. The Hall–Kier alpha value is -0.370. The second-order valence-corrected chi connectivity index (χ2v) is 11.3. The predicted molar refractivity (Wildman–Crippen MR) is 110 cm³/mol. The van der Waals surface area contributed by atoms with Crippen LogP contribution >= 0.6 is 0 Å². The van der Waals surface area contributed by atoms with Gasteiger partial charge >= 0.3 is 0 Å². The van der Waals surface area contributed by atoms with E-state index in [0.29, 0.717) is 29.0 Å². The molecule has 4 saturated carbocycles. The standard InChI is InChI=1S/C25H42O2/c1-5-6-7-12-25(27)14-11-21-20-9-8-18-16-19(26)15-17(2)24(18,4)22(20)10-13-23(21,25)3/h17-18,20-22,27H,5-16H2,1-4H3/t17?,18?,20-,21-,22+,23-,24-,25?/m0/s1. The van der Waals surface area contributed by atoms with Crippen molar-refractivity contribution in [3.05, 3.63) is 0 Å². The minimum Gasteiger partial charge on any atom is -0.389 e. The number of aliphatic hydroxyl groups is 1. The number of carbonyl (C=O) groups is 1. The maximum Gasteiger partial charge on any atom is 0.133 e. The number of ketones is 1. The first kappa shape index (κ1) is 19.9. The van der Waals surface area contributed by atoms with E-state index in [0.717, 1.165) is 37.5 Å². The Balaban J connectivity index is 1.58. The maximum absolute atomic E-state index is 12.2. The molecule has 2 nitrogen and oxygen atoms in total. The molecule has 0 saturated heterocycles. The second kappa shape index (κ2) is 6.85. The lowest BCUT2D eigenvalue weighted by atomic mass is 9.42. The van der Waals surface area contributed by atoms with E-state index in [9.17, 15) is 9.90 Å². The lowest BCUT2D eigenvalue weighted by molar-refractivity contribution is -0.169.